The molecule has 0 saturated carbocycles. The van der Waals surface area contributed by atoms with Crippen molar-refractivity contribution in [2.45, 2.75) is 18.4 Å². The molecule has 2 N–H and O–H groups in total. The number of fused-ring (bicyclic) bond motifs is 4. The normalized spacial score (nSPS) is 12.2. The molecule has 3 heterocycles. The third-order valence-electron chi connectivity index (χ3n) is 5.04. The van der Waals surface area contributed by atoms with Gasteiger partial charge in [0.05, 0.1) is 0 Å². The van der Waals surface area contributed by atoms with E-state index in [-0.39, 0.29) is 4.90 Å². The number of hydrogen-bond acceptors (Lipinski definition) is 3. The molecule has 6 nitrogen and oxygen atoms in total. The highest BCUT2D eigenvalue weighted by Crippen LogP contribution is 2.32. The number of H-pyrrole nitrogens is 1. The lowest BCUT2D eigenvalue weighted by Gasteiger charge is -2.08. The summed E-state index contributed by atoms with van der Waals surface area (Å²) in [4.78, 5) is 7.26. The number of aromatic amines is 1. The van der Waals surface area contributed by atoms with Crippen LogP contribution < -0.4 is 4.72 Å². The molecular weight excluding hydrogens is 372 g/mol. The molecule has 5 aromatic rings. The Morgan fingerprint density at radius 3 is 2.64 bits per heavy atom. The number of benzene rings is 2. The van der Waals surface area contributed by atoms with Crippen LogP contribution in [-0.2, 0) is 16.6 Å². The quantitative estimate of drug-likeness (QED) is 0.474. The van der Waals surface area contributed by atoms with Gasteiger partial charge < -0.3 is 9.55 Å². The monoisotopic (exact) mass is 390 g/mol. The van der Waals surface area contributed by atoms with Crippen molar-refractivity contribution in [2.75, 3.05) is 4.72 Å². The number of aryl methyl sites for hydroxylation is 1. The molecule has 0 atom stereocenters. The second-order valence-corrected chi connectivity index (χ2v) is 8.30. The molecule has 0 aliphatic carbocycles. The van der Waals surface area contributed by atoms with Gasteiger partial charge >= 0.3 is 0 Å². The van der Waals surface area contributed by atoms with Gasteiger partial charge in [0.25, 0.3) is 10.0 Å². The molecule has 0 bridgehead atoms. The minimum absolute atomic E-state index is 0.187. The standard InChI is InChI=1S/C21H18N4O2S/c1-2-25-18-8-4-3-6-15(18)17-12-14(9-10-19(17)25)24-28(26,27)20-13-23-21-16(20)7-5-11-22-21/h3-13,24H,2H2,1H3,(H,22,23). The fourth-order valence-electron chi connectivity index (χ4n) is 3.82. The van der Waals surface area contributed by atoms with Crippen molar-refractivity contribution in [1.82, 2.24) is 14.5 Å². The average molecular weight is 390 g/mol. The maximum atomic E-state index is 13.0. The second kappa shape index (κ2) is 6.10. The number of nitrogens with zero attached hydrogens (tertiary/aromatic N) is 2. The van der Waals surface area contributed by atoms with Crippen molar-refractivity contribution in [1.29, 1.82) is 0 Å². The number of para-hydroxylation sites is 1. The van der Waals surface area contributed by atoms with Crippen LogP contribution in [0.1, 0.15) is 6.92 Å². The second-order valence-electron chi connectivity index (χ2n) is 6.65. The van der Waals surface area contributed by atoms with Gasteiger partial charge in [0.15, 0.2) is 0 Å². The SMILES string of the molecule is CCn1c2ccccc2c2cc(NS(=O)(=O)c3c[nH]c4ncccc34)ccc21. The van der Waals surface area contributed by atoms with Crippen LogP contribution >= 0.6 is 0 Å². The number of aromatic nitrogens is 3. The first-order valence-corrected chi connectivity index (χ1v) is 10.5. The molecule has 140 valence electrons. The first-order chi connectivity index (χ1) is 13.6. The lowest BCUT2D eigenvalue weighted by molar-refractivity contribution is 0.602. The topological polar surface area (TPSA) is 79.8 Å². The number of hydrogen-bond donors (Lipinski definition) is 2. The third-order valence-corrected chi connectivity index (χ3v) is 6.46. The largest absolute Gasteiger partial charge is 0.345 e. The van der Waals surface area contributed by atoms with E-state index in [9.17, 15) is 8.42 Å². The Bertz CT molecular complexity index is 1450. The molecule has 0 radical (unpaired) electrons. The summed E-state index contributed by atoms with van der Waals surface area (Å²) in [5.74, 6) is 0. The molecule has 28 heavy (non-hydrogen) atoms. The molecule has 2 aromatic carbocycles. The predicted molar refractivity (Wildman–Crippen MR) is 112 cm³/mol. The van der Waals surface area contributed by atoms with Crippen LogP contribution in [0.5, 0.6) is 0 Å². The maximum Gasteiger partial charge on any atom is 0.264 e. The van der Waals surface area contributed by atoms with Gasteiger partial charge in [0.2, 0.25) is 0 Å². The number of sulfonamides is 1. The van der Waals surface area contributed by atoms with Crippen LogP contribution in [0, 0.1) is 0 Å². The Morgan fingerprint density at radius 1 is 1.00 bits per heavy atom. The Kier molecular flexibility index (Phi) is 3.67. The van der Waals surface area contributed by atoms with Crippen molar-refractivity contribution in [3.63, 3.8) is 0 Å². The summed E-state index contributed by atoms with van der Waals surface area (Å²) in [7, 11) is -3.75. The highest BCUT2D eigenvalue weighted by Gasteiger charge is 2.20. The zero-order chi connectivity index (χ0) is 19.3. The van der Waals surface area contributed by atoms with E-state index in [1.54, 1.807) is 24.4 Å². The molecule has 3 aromatic heterocycles. The lowest BCUT2D eigenvalue weighted by atomic mass is 10.1. The minimum Gasteiger partial charge on any atom is -0.345 e. The van der Waals surface area contributed by atoms with Gasteiger partial charge in [-0.25, -0.2) is 13.4 Å². The Balaban J connectivity index is 1.63. The molecule has 7 heteroatoms. The van der Waals surface area contributed by atoms with E-state index in [1.807, 2.05) is 24.3 Å². The van der Waals surface area contributed by atoms with E-state index in [4.69, 9.17) is 0 Å². The summed E-state index contributed by atoms with van der Waals surface area (Å²) in [6, 6.07) is 17.3. The molecule has 0 spiro atoms. The van der Waals surface area contributed by atoms with Crippen molar-refractivity contribution in [3.05, 3.63) is 67.0 Å². The van der Waals surface area contributed by atoms with Gasteiger partial charge in [-0.15, -0.1) is 0 Å². The fourth-order valence-corrected chi connectivity index (χ4v) is 5.04. The molecule has 0 amide bonds. The smallest absolute Gasteiger partial charge is 0.264 e. The van der Waals surface area contributed by atoms with Crippen molar-refractivity contribution >= 4 is 48.5 Å². The molecular formula is C21H18N4O2S. The van der Waals surface area contributed by atoms with E-state index in [2.05, 4.69) is 38.3 Å². The van der Waals surface area contributed by atoms with E-state index >= 15 is 0 Å². The van der Waals surface area contributed by atoms with Gasteiger partial charge in [-0.3, -0.25) is 4.72 Å². The van der Waals surface area contributed by atoms with Crippen LogP contribution in [0.4, 0.5) is 5.69 Å². The van der Waals surface area contributed by atoms with Crippen LogP contribution in [0.2, 0.25) is 0 Å². The predicted octanol–water partition coefficient (Wildman–Crippen LogP) is 4.49. The summed E-state index contributed by atoms with van der Waals surface area (Å²) in [6.07, 6.45) is 3.10. The van der Waals surface area contributed by atoms with E-state index < -0.39 is 10.0 Å². The van der Waals surface area contributed by atoms with Crippen molar-refractivity contribution in [2.24, 2.45) is 0 Å². The summed E-state index contributed by atoms with van der Waals surface area (Å²) in [5, 5.41) is 2.70. The van der Waals surface area contributed by atoms with Crippen LogP contribution in [0.3, 0.4) is 0 Å². The summed E-state index contributed by atoms with van der Waals surface area (Å²) >= 11 is 0. The van der Waals surface area contributed by atoms with Gasteiger partial charge in [-0.05, 0) is 43.3 Å². The average Bonchev–Trinajstić information content (AvgIpc) is 3.27. The third kappa shape index (κ3) is 2.47. The first-order valence-electron chi connectivity index (χ1n) is 9.04. The van der Waals surface area contributed by atoms with E-state index in [0.717, 1.165) is 28.4 Å². The van der Waals surface area contributed by atoms with Gasteiger partial charge in [-0.1, -0.05) is 18.2 Å². The Hall–Kier alpha value is -3.32. The number of pyridine rings is 1. The van der Waals surface area contributed by atoms with Crippen molar-refractivity contribution < 1.29 is 8.42 Å². The summed E-state index contributed by atoms with van der Waals surface area (Å²) in [6.45, 7) is 2.95. The Labute approximate surface area is 161 Å². The summed E-state index contributed by atoms with van der Waals surface area (Å²) < 4.78 is 30.9. The first kappa shape index (κ1) is 16.8. The van der Waals surface area contributed by atoms with Gasteiger partial charge in [0.1, 0.15) is 10.5 Å². The molecule has 0 aliphatic rings. The molecule has 0 unspecified atom stereocenters. The van der Waals surface area contributed by atoms with E-state index in [0.29, 0.717) is 16.7 Å². The number of anilines is 1. The zero-order valence-corrected chi connectivity index (χ0v) is 16.0. The zero-order valence-electron chi connectivity index (χ0n) is 15.2. The van der Waals surface area contributed by atoms with Gasteiger partial charge in [-0.2, -0.15) is 0 Å². The summed E-state index contributed by atoms with van der Waals surface area (Å²) in [5.41, 5.74) is 3.31. The van der Waals surface area contributed by atoms with Gasteiger partial charge in [0, 0.05) is 51.8 Å². The molecule has 0 aliphatic heterocycles. The number of nitrogens with one attached hydrogen (secondary N) is 2. The molecule has 0 saturated heterocycles. The minimum atomic E-state index is -3.75. The fraction of sp³-hybridized carbons (Fsp3) is 0.0952. The number of rotatable bonds is 4. The molecule has 5 rings (SSSR count). The maximum absolute atomic E-state index is 13.0. The van der Waals surface area contributed by atoms with Crippen LogP contribution in [-0.4, -0.2) is 23.0 Å². The highest BCUT2D eigenvalue weighted by molar-refractivity contribution is 7.93. The highest BCUT2D eigenvalue weighted by atomic mass is 32.2. The Morgan fingerprint density at radius 2 is 1.79 bits per heavy atom. The molecule has 0 fully saturated rings. The van der Waals surface area contributed by atoms with Crippen LogP contribution in [0.25, 0.3) is 32.8 Å². The van der Waals surface area contributed by atoms with Crippen molar-refractivity contribution in [3.8, 4) is 0 Å². The van der Waals surface area contributed by atoms with Crippen LogP contribution in [0.15, 0.2) is 71.9 Å². The van der Waals surface area contributed by atoms with E-state index in [1.165, 1.54) is 6.20 Å². The lowest BCUT2D eigenvalue weighted by Crippen LogP contribution is -2.12.